The van der Waals surface area contributed by atoms with Crippen molar-refractivity contribution >= 4 is 53.0 Å². The van der Waals surface area contributed by atoms with Gasteiger partial charge in [0.25, 0.3) is 5.91 Å². The van der Waals surface area contributed by atoms with Crippen molar-refractivity contribution < 1.29 is 34.8 Å². The molecule has 192 valence electrons. The second-order valence-electron chi connectivity index (χ2n) is 7.89. The molecule has 0 saturated heterocycles. The maximum atomic E-state index is 12.6. The Hall–Kier alpha value is -3.74. The summed E-state index contributed by atoms with van der Waals surface area (Å²) in [7, 11) is 0. The number of aliphatic carboxylic acids is 1. The number of nitrogens with zero attached hydrogens (tertiary/aromatic N) is 2. The van der Waals surface area contributed by atoms with Crippen molar-refractivity contribution in [1.29, 1.82) is 0 Å². The molecular formula is C22H23Cl2N5O7. The van der Waals surface area contributed by atoms with E-state index < -0.39 is 48.6 Å². The van der Waals surface area contributed by atoms with Gasteiger partial charge in [-0.1, -0.05) is 23.2 Å². The van der Waals surface area contributed by atoms with E-state index >= 15 is 0 Å². The van der Waals surface area contributed by atoms with Gasteiger partial charge < -0.3 is 31.1 Å². The molecule has 1 aliphatic heterocycles. The Balaban J connectivity index is 1.66. The number of β-amino-alcohol motifs (C(OH)–C–C–N with tert-alkyl or cyclic N) is 1. The average molecular weight is 540 g/mol. The average Bonchev–Trinajstić information content (AvgIpc) is 2.78. The van der Waals surface area contributed by atoms with Crippen molar-refractivity contribution in [1.82, 2.24) is 15.6 Å². The number of carbonyl (C=O) groups is 3. The maximum Gasteiger partial charge on any atom is 0.305 e. The van der Waals surface area contributed by atoms with Gasteiger partial charge in [0.1, 0.15) is 17.8 Å². The fourth-order valence-corrected chi connectivity index (χ4v) is 3.93. The number of carboxylic acid groups (broad SMARTS) is 1. The van der Waals surface area contributed by atoms with Crippen LogP contribution in [0.4, 0.5) is 5.69 Å². The van der Waals surface area contributed by atoms with E-state index in [0.717, 1.165) is 0 Å². The number of phenolic OH excluding ortho intramolecular Hbond substituents is 2. The molecule has 0 saturated carbocycles. The Kier molecular flexibility index (Phi) is 8.80. The van der Waals surface area contributed by atoms with Crippen molar-refractivity contribution in [2.24, 2.45) is 4.99 Å². The molecule has 2 amide bonds. The van der Waals surface area contributed by atoms with Gasteiger partial charge in [0, 0.05) is 22.2 Å². The molecule has 1 aliphatic rings. The molecule has 36 heavy (non-hydrogen) atoms. The van der Waals surface area contributed by atoms with Crippen LogP contribution in [0.5, 0.6) is 11.5 Å². The molecule has 2 atom stereocenters. The lowest BCUT2D eigenvalue weighted by molar-refractivity contribution is -0.137. The van der Waals surface area contributed by atoms with E-state index in [-0.39, 0.29) is 40.0 Å². The van der Waals surface area contributed by atoms with Crippen molar-refractivity contribution in [3.63, 3.8) is 0 Å². The van der Waals surface area contributed by atoms with Crippen molar-refractivity contribution in [3.05, 3.63) is 51.5 Å². The topological polar surface area (TPSA) is 184 Å². The van der Waals surface area contributed by atoms with Gasteiger partial charge in [-0.15, -0.1) is 0 Å². The van der Waals surface area contributed by atoms with Crippen LogP contribution in [0.2, 0.25) is 10.0 Å². The van der Waals surface area contributed by atoms with Gasteiger partial charge in [-0.25, -0.2) is 0 Å². The number of amides is 2. The number of aliphatic hydroxyl groups is 1. The van der Waals surface area contributed by atoms with E-state index in [4.69, 9.17) is 23.2 Å². The van der Waals surface area contributed by atoms with Crippen molar-refractivity contribution in [2.45, 2.75) is 18.6 Å². The van der Waals surface area contributed by atoms with Crippen LogP contribution in [0.25, 0.3) is 0 Å². The third kappa shape index (κ3) is 7.38. The normalized spacial score (nSPS) is 15.8. The Labute approximate surface area is 215 Å². The molecule has 0 radical (unpaired) electrons. The summed E-state index contributed by atoms with van der Waals surface area (Å²) in [6.45, 7) is -0.0234. The Morgan fingerprint density at radius 1 is 1.14 bits per heavy atom. The lowest BCUT2D eigenvalue weighted by Gasteiger charge is -2.27. The van der Waals surface area contributed by atoms with Gasteiger partial charge in [0.15, 0.2) is 0 Å². The molecule has 1 heterocycles. The molecule has 0 fully saturated rings. The zero-order chi connectivity index (χ0) is 26.4. The number of aromatic hydroxyl groups is 2. The zero-order valence-corrected chi connectivity index (χ0v) is 20.1. The summed E-state index contributed by atoms with van der Waals surface area (Å²) in [4.78, 5) is 40.4. The second-order valence-corrected chi connectivity index (χ2v) is 8.74. The number of aliphatic hydroxyl groups excluding tert-OH is 1. The second kappa shape index (κ2) is 11.8. The lowest BCUT2D eigenvalue weighted by Crippen LogP contribution is -2.40. The number of hydrogen-bond acceptors (Lipinski definition) is 9. The van der Waals surface area contributed by atoms with Crippen LogP contribution in [0, 0.1) is 0 Å². The van der Waals surface area contributed by atoms with Gasteiger partial charge >= 0.3 is 5.97 Å². The Morgan fingerprint density at radius 2 is 1.89 bits per heavy atom. The molecule has 7 N–H and O–H groups in total. The maximum absolute atomic E-state index is 12.6. The lowest BCUT2D eigenvalue weighted by atomic mass is 10.0. The zero-order valence-electron chi connectivity index (χ0n) is 18.6. The van der Waals surface area contributed by atoms with Gasteiger partial charge in [0.05, 0.1) is 48.9 Å². The summed E-state index contributed by atoms with van der Waals surface area (Å²) < 4.78 is 0. The summed E-state index contributed by atoms with van der Waals surface area (Å²) >= 11 is 11.8. The minimum absolute atomic E-state index is 0.00430. The minimum Gasteiger partial charge on any atom is -0.508 e. The number of hydrogen-bond donors (Lipinski definition) is 7. The summed E-state index contributed by atoms with van der Waals surface area (Å²) in [5.41, 5.74) is 3.26. The first kappa shape index (κ1) is 26.9. The van der Waals surface area contributed by atoms with Gasteiger partial charge in [-0.05, 0) is 24.3 Å². The SMILES string of the molecule is O=C(O)C[C@@H](NC(=O)CNC(=O)c1cc(O)cc(NN2C=NCC(O)C2)c1)c1cc(Cl)cc(Cl)c1O. The van der Waals surface area contributed by atoms with Crippen LogP contribution in [-0.4, -0.2) is 75.3 Å². The number of phenols is 2. The van der Waals surface area contributed by atoms with E-state index in [0.29, 0.717) is 5.69 Å². The molecule has 0 aliphatic carbocycles. The molecular weight excluding hydrogens is 517 g/mol. The highest BCUT2D eigenvalue weighted by Gasteiger charge is 2.23. The highest BCUT2D eigenvalue weighted by Crippen LogP contribution is 2.36. The fourth-order valence-electron chi connectivity index (χ4n) is 3.42. The number of benzene rings is 2. The largest absolute Gasteiger partial charge is 0.508 e. The molecule has 2 aromatic carbocycles. The molecule has 0 spiro atoms. The molecule has 1 unspecified atom stereocenters. The Morgan fingerprint density at radius 3 is 2.58 bits per heavy atom. The first-order valence-electron chi connectivity index (χ1n) is 10.5. The van der Waals surface area contributed by atoms with E-state index in [2.05, 4.69) is 21.1 Å². The number of carboxylic acids is 1. The van der Waals surface area contributed by atoms with Gasteiger partial charge in [-0.3, -0.25) is 29.8 Å². The molecule has 0 aromatic heterocycles. The predicted molar refractivity (Wildman–Crippen MR) is 131 cm³/mol. The van der Waals surface area contributed by atoms with Crippen LogP contribution in [0.3, 0.4) is 0 Å². The number of aliphatic imine (C=N–C) groups is 1. The van der Waals surface area contributed by atoms with Crippen LogP contribution < -0.4 is 16.1 Å². The summed E-state index contributed by atoms with van der Waals surface area (Å²) in [6.07, 6.45) is 0.218. The van der Waals surface area contributed by atoms with E-state index in [1.54, 1.807) is 0 Å². The van der Waals surface area contributed by atoms with E-state index in [1.165, 1.54) is 41.7 Å². The fraction of sp³-hybridized carbons (Fsp3) is 0.273. The first-order valence-corrected chi connectivity index (χ1v) is 11.3. The van der Waals surface area contributed by atoms with Crippen LogP contribution in [0.15, 0.2) is 35.3 Å². The molecule has 0 bridgehead atoms. The number of carbonyl (C=O) groups excluding carboxylic acids is 2. The highest BCUT2D eigenvalue weighted by atomic mass is 35.5. The molecule has 14 heteroatoms. The van der Waals surface area contributed by atoms with E-state index in [9.17, 15) is 34.8 Å². The standard InChI is InChI=1S/C22H23Cl2N5O7/c23-12-3-16(21(35)17(24)4-12)18(6-20(33)34)27-19(32)8-26-22(36)11-1-13(5-14(30)2-11)28-29-9-15(31)7-25-10-29/h1-5,10,15,18,28,30-31,35H,6-9H2,(H,26,36)(H,27,32)(H,33,34)/t15?,18-/m1/s1. The number of nitrogens with one attached hydrogen (secondary N) is 3. The van der Waals surface area contributed by atoms with Crippen molar-refractivity contribution in [3.8, 4) is 11.5 Å². The number of hydrazine groups is 1. The smallest absolute Gasteiger partial charge is 0.305 e. The minimum atomic E-state index is -1.26. The van der Waals surface area contributed by atoms with Crippen LogP contribution >= 0.6 is 23.2 Å². The van der Waals surface area contributed by atoms with Crippen LogP contribution in [-0.2, 0) is 9.59 Å². The highest BCUT2D eigenvalue weighted by molar-refractivity contribution is 6.35. The van der Waals surface area contributed by atoms with Crippen LogP contribution in [0.1, 0.15) is 28.4 Å². The monoisotopic (exact) mass is 539 g/mol. The number of anilines is 1. The summed E-state index contributed by atoms with van der Waals surface area (Å²) in [5.74, 6) is -3.35. The van der Waals surface area contributed by atoms with E-state index in [1.807, 2.05) is 0 Å². The first-order chi connectivity index (χ1) is 17.0. The Bertz CT molecular complexity index is 1190. The van der Waals surface area contributed by atoms with Gasteiger partial charge in [-0.2, -0.15) is 0 Å². The quantitative estimate of drug-likeness (QED) is 0.248. The number of rotatable bonds is 9. The summed E-state index contributed by atoms with van der Waals surface area (Å²) in [5, 5.41) is 45.4. The molecule has 12 nitrogen and oxygen atoms in total. The number of halogens is 2. The molecule has 2 aromatic rings. The molecule has 3 rings (SSSR count). The van der Waals surface area contributed by atoms with Crippen molar-refractivity contribution in [2.75, 3.05) is 25.1 Å². The third-order valence-electron chi connectivity index (χ3n) is 4.95. The third-order valence-corrected chi connectivity index (χ3v) is 5.46. The predicted octanol–water partition coefficient (Wildman–Crippen LogP) is 1.50. The van der Waals surface area contributed by atoms with Gasteiger partial charge in [0.2, 0.25) is 5.91 Å². The summed E-state index contributed by atoms with van der Waals surface area (Å²) in [6, 6.07) is 5.33.